The van der Waals surface area contributed by atoms with Gasteiger partial charge < -0.3 is 15.5 Å². The average molecular weight is 419 g/mol. The zero-order chi connectivity index (χ0) is 21.9. The van der Waals surface area contributed by atoms with E-state index in [0.29, 0.717) is 17.7 Å². The van der Waals surface area contributed by atoms with E-state index < -0.39 is 11.7 Å². The highest BCUT2D eigenvalue weighted by Crippen LogP contribution is 2.48. The summed E-state index contributed by atoms with van der Waals surface area (Å²) < 4.78 is 38.6. The Balaban J connectivity index is 1.54. The quantitative estimate of drug-likeness (QED) is 0.721. The van der Waals surface area contributed by atoms with Crippen LogP contribution < -0.4 is 10.6 Å². The first kappa shape index (κ1) is 21.8. The summed E-state index contributed by atoms with van der Waals surface area (Å²) in [5.74, 6) is -0.831. The Morgan fingerprint density at radius 1 is 1.10 bits per heavy atom. The third-order valence-corrected chi connectivity index (χ3v) is 4.91. The second kappa shape index (κ2) is 8.87. The van der Waals surface area contributed by atoms with Crippen molar-refractivity contribution in [2.45, 2.75) is 25.1 Å². The molecule has 2 N–H and O–H groups in total. The number of amides is 2. The van der Waals surface area contributed by atoms with E-state index in [0.717, 1.165) is 17.7 Å². The predicted molar refractivity (Wildman–Crippen MR) is 108 cm³/mol. The highest BCUT2D eigenvalue weighted by Gasteiger charge is 2.44. The van der Waals surface area contributed by atoms with Gasteiger partial charge in [0.2, 0.25) is 11.8 Å². The third-order valence-electron chi connectivity index (χ3n) is 4.91. The Morgan fingerprint density at radius 3 is 2.53 bits per heavy atom. The molecule has 0 saturated heterocycles. The van der Waals surface area contributed by atoms with Gasteiger partial charge in [-0.2, -0.15) is 13.2 Å². The summed E-state index contributed by atoms with van der Waals surface area (Å²) in [7, 11) is 3.60. The van der Waals surface area contributed by atoms with Gasteiger partial charge in [0, 0.05) is 18.2 Å². The summed E-state index contributed by atoms with van der Waals surface area (Å²) in [4.78, 5) is 26.0. The Hall–Kier alpha value is -2.87. The highest BCUT2D eigenvalue weighted by atomic mass is 19.4. The van der Waals surface area contributed by atoms with Gasteiger partial charge in [-0.3, -0.25) is 9.59 Å². The fraction of sp³-hybridized carbons (Fsp3) is 0.364. The van der Waals surface area contributed by atoms with E-state index in [1.807, 2.05) is 6.07 Å². The fourth-order valence-corrected chi connectivity index (χ4v) is 3.37. The minimum absolute atomic E-state index is 0.136. The van der Waals surface area contributed by atoms with Crippen LogP contribution in [0.25, 0.3) is 0 Å². The maximum Gasteiger partial charge on any atom is 0.416 e. The smallest absolute Gasteiger partial charge is 0.352 e. The fourth-order valence-electron chi connectivity index (χ4n) is 3.37. The largest absolute Gasteiger partial charge is 0.416 e. The van der Waals surface area contributed by atoms with Crippen molar-refractivity contribution >= 4 is 17.5 Å². The van der Waals surface area contributed by atoms with Gasteiger partial charge in [-0.15, -0.1) is 0 Å². The summed E-state index contributed by atoms with van der Waals surface area (Å²) in [5, 5.41) is 5.63. The van der Waals surface area contributed by atoms with Crippen LogP contribution in [0.2, 0.25) is 0 Å². The van der Waals surface area contributed by atoms with Crippen LogP contribution in [0.15, 0.2) is 48.5 Å². The summed E-state index contributed by atoms with van der Waals surface area (Å²) >= 11 is 0. The SMILES string of the molecule is CN(C)CC(=O)Nc1cccc(CNC(=O)C2CC2c2cccc(C(F)(F)F)c2)c1. The van der Waals surface area contributed by atoms with Crippen molar-refractivity contribution in [3.05, 3.63) is 65.2 Å². The summed E-state index contributed by atoms with van der Waals surface area (Å²) in [6.45, 7) is 0.543. The first-order valence-electron chi connectivity index (χ1n) is 9.62. The normalized spacial score (nSPS) is 18.2. The molecule has 5 nitrogen and oxygen atoms in total. The van der Waals surface area contributed by atoms with Crippen molar-refractivity contribution < 1.29 is 22.8 Å². The molecule has 1 saturated carbocycles. The molecule has 2 atom stereocenters. The van der Waals surface area contributed by atoms with E-state index in [1.165, 1.54) is 6.07 Å². The lowest BCUT2D eigenvalue weighted by Gasteiger charge is -2.11. The molecule has 2 aromatic carbocycles. The van der Waals surface area contributed by atoms with Crippen molar-refractivity contribution in [1.82, 2.24) is 10.2 Å². The molecule has 2 aromatic rings. The number of hydrogen-bond acceptors (Lipinski definition) is 3. The van der Waals surface area contributed by atoms with Crippen LogP contribution in [0, 0.1) is 5.92 Å². The molecule has 1 fully saturated rings. The molecule has 160 valence electrons. The number of rotatable bonds is 7. The van der Waals surface area contributed by atoms with Gasteiger partial charge in [-0.25, -0.2) is 0 Å². The number of likely N-dealkylation sites (N-methyl/N-ethyl adjacent to an activating group) is 1. The van der Waals surface area contributed by atoms with Crippen LogP contribution in [0.3, 0.4) is 0 Å². The number of anilines is 1. The van der Waals surface area contributed by atoms with Crippen molar-refractivity contribution in [2.24, 2.45) is 5.92 Å². The van der Waals surface area contributed by atoms with E-state index in [2.05, 4.69) is 10.6 Å². The van der Waals surface area contributed by atoms with Crippen LogP contribution in [0.4, 0.5) is 18.9 Å². The number of hydrogen-bond donors (Lipinski definition) is 2. The molecule has 0 aliphatic heterocycles. The van der Waals surface area contributed by atoms with Crippen LogP contribution in [0.5, 0.6) is 0 Å². The minimum atomic E-state index is -4.39. The van der Waals surface area contributed by atoms with Crippen LogP contribution >= 0.6 is 0 Å². The number of carbonyl (C=O) groups excluding carboxylic acids is 2. The lowest BCUT2D eigenvalue weighted by Crippen LogP contribution is -2.27. The van der Waals surface area contributed by atoms with E-state index in [-0.39, 0.29) is 36.7 Å². The first-order chi connectivity index (χ1) is 14.1. The van der Waals surface area contributed by atoms with Gasteiger partial charge in [0.25, 0.3) is 0 Å². The Kier molecular flexibility index (Phi) is 6.45. The van der Waals surface area contributed by atoms with Gasteiger partial charge in [-0.05, 0) is 55.8 Å². The number of halogens is 3. The molecular weight excluding hydrogens is 395 g/mol. The van der Waals surface area contributed by atoms with E-state index in [9.17, 15) is 22.8 Å². The maximum atomic E-state index is 12.9. The molecule has 0 aromatic heterocycles. The summed E-state index contributed by atoms with van der Waals surface area (Å²) in [5.41, 5.74) is 1.30. The van der Waals surface area contributed by atoms with Gasteiger partial charge in [0.15, 0.2) is 0 Å². The molecule has 2 unspecified atom stereocenters. The molecule has 1 aliphatic rings. The Bertz CT molecular complexity index is 928. The van der Waals surface area contributed by atoms with Gasteiger partial charge in [-0.1, -0.05) is 30.3 Å². The van der Waals surface area contributed by atoms with Gasteiger partial charge >= 0.3 is 6.18 Å². The van der Waals surface area contributed by atoms with Crippen LogP contribution in [-0.2, 0) is 22.3 Å². The van der Waals surface area contributed by atoms with Crippen molar-refractivity contribution in [3.63, 3.8) is 0 Å². The first-order valence-corrected chi connectivity index (χ1v) is 9.62. The minimum Gasteiger partial charge on any atom is -0.352 e. The van der Waals surface area contributed by atoms with Crippen LogP contribution in [-0.4, -0.2) is 37.4 Å². The second-order valence-electron chi connectivity index (χ2n) is 7.78. The van der Waals surface area contributed by atoms with Crippen molar-refractivity contribution in [2.75, 3.05) is 26.0 Å². The van der Waals surface area contributed by atoms with Gasteiger partial charge in [0.05, 0.1) is 12.1 Å². The number of nitrogens with zero attached hydrogens (tertiary/aromatic N) is 1. The monoisotopic (exact) mass is 419 g/mol. The van der Waals surface area contributed by atoms with Crippen molar-refractivity contribution in [1.29, 1.82) is 0 Å². The molecule has 0 heterocycles. The highest BCUT2D eigenvalue weighted by molar-refractivity contribution is 5.92. The molecule has 30 heavy (non-hydrogen) atoms. The number of carbonyl (C=O) groups is 2. The van der Waals surface area contributed by atoms with E-state index in [4.69, 9.17) is 0 Å². The predicted octanol–water partition coefficient (Wildman–Crippen LogP) is 3.63. The Labute approximate surface area is 173 Å². The Morgan fingerprint density at radius 2 is 1.83 bits per heavy atom. The zero-order valence-corrected chi connectivity index (χ0v) is 16.8. The standard InChI is InChI=1S/C22H24F3N3O2/c1-28(2)13-20(29)27-17-8-3-5-14(9-17)12-26-21(30)19-11-18(19)15-6-4-7-16(10-15)22(23,24)25/h3-10,18-19H,11-13H2,1-2H3,(H,26,30)(H,27,29). The molecule has 0 bridgehead atoms. The number of benzene rings is 2. The van der Waals surface area contributed by atoms with E-state index >= 15 is 0 Å². The molecular formula is C22H24F3N3O2. The van der Waals surface area contributed by atoms with Gasteiger partial charge in [0.1, 0.15) is 0 Å². The molecule has 3 rings (SSSR count). The summed E-state index contributed by atoms with van der Waals surface area (Å²) in [6, 6.07) is 12.3. The molecule has 2 amide bonds. The topological polar surface area (TPSA) is 61.4 Å². The van der Waals surface area contributed by atoms with Crippen molar-refractivity contribution in [3.8, 4) is 0 Å². The van der Waals surface area contributed by atoms with Crippen LogP contribution in [0.1, 0.15) is 29.0 Å². The molecule has 0 radical (unpaired) electrons. The lowest BCUT2D eigenvalue weighted by atomic mass is 10.1. The molecule has 8 heteroatoms. The van der Waals surface area contributed by atoms with E-state index in [1.54, 1.807) is 43.3 Å². The summed E-state index contributed by atoms with van der Waals surface area (Å²) in [6.07, 6.45) is -3.86. The third kappa shape index (κ3) is 5.82. The lowest BCUT2D eigenvalue weighted by molar-refractivity contribution is -0.137. The molecule has 0 spiro atoms. The maximum absolute atomic E-state index is 12.9. The number of alkyl halides is 3. The average Bonchev–Trinajstić information content (AvgIpc) is 3.46. The molecule has 1 aliphatic carbocycles. The zero-order valence-electron chi connectivity index (χ0n) is 16.8. The number of nitrogens with one attached hydrogen (secondary N) is 2. The second-order valence-corrected chi connectivity index (χ2v) is 7.78.